The molecule has 0 aromatic heterocycles. The van der Waals surface area contributed by atoms with Crippen LogP contribution in [0, 0.1) is 0 Å². The van der Waals surface area contributed by atoms with E-state index in [1.807, 2.05) is 54.6 Å². The molecule has 2 aliphatic rings. The number of rotatable bonds is 17. The maximum atomic E-state index is 13.7. The molecule has 0 saturated carbocycles. The molecule has 1 unspecified atom stereocenters. The summed E-state index contributed by atoms with van der Waals surface area (Å²) in [6.07, 6.45) is 1.07. The van der Waals surface area contributed by atoms with Crippen molar-refractivity contribution in [1.82, 2.24) is 9.80 Å². The van der Waals surface area contributed by atoms with Gasteiger partial charge in [-0.25, -0.2) is 0 Å². The zero-order valence-electron chi connectivity index (χ0n) is 31.2. The van der Waals surface area contributed by atoms with Gasteiger partial charge in [-0.2, -0.15) is 0 Å². The Morgan fingerprint density at radius 2 is 1.15 bits per heavy atom. The van der Waals surface area contributed by atoms with Crippen molar-refractivity contribution in [2.75, 3.05) is 103 Å². The molecule has 1 atom stereocenters. The minimum absolute atomic E-state index is 0.173. The normalized spacial score (nSPS) is 15.6. The number of quaternary nitrogens is 2. The van der Waals surface area contributed by atoms with E-state index in [1.54, 1.807) is 21.6 Å². The van der Waals surface area contributed by atoms with Crippen LogP contribution in [-0.4, -0.2) is 126 Å². The van der Waals surface area contributed by atoms with E-state index >= 15 is 0 Å². The summed E-state index contributed by atoms with van der Waals surface area (Å²) in [5, 5.41) is 14.9. The van der Waals surface area contributed by atoms with E-state index in [0.717, 1.165) is 77.5 Å². The van der Waals surface area contributed by atoms with Crippen molar-refractivity contribution >= 4 is 72.2 Å². The predicted molar refractivity (Wildman–Crippen MR) is 215 cm³/mol. The maximum absolute atomic E-state index is 13.7. The first kappa shape index (κ1) is 37.9. The molecule has 12 heteroatoms. The lowest BCUT2D eigenvalue weighted by molar-refractivity contribution is -0.858. The van der Waals surface area contributed by atoms with E-state index in [1.165, 1.54) is 19.6 Å². The van der Waals surface area contributed by atoms with Gasteiger partial charge in [0.1, 0.15) is 0 Å². The van der Waals surface area contributed by atoms with Crippen LogP contribution in [0.15, 0.2) is 60.7 Å². The smallest absolute Gasteiger partial charge is 0.261 e. The van der Waals surface area contributed by atoms with Crippen molar-refractivity contribution in [2.24, 2.45) is 0 Å². The number of hydrogen-bond acceptors (Lipinski definition) is 8. The topological polar surface area (TPSA) is 93.3 Å². The summed E-state index contributed by atoms with van der Waals surface area (Å²) in [5.74, 6) is 0.441. The van der Waals surface area contributed by atoms with Crippen molar-refractivity contribution in [1.29, 1.82) is 0 Å². The fourth-order valence-corrected chi connectivity index (χ4v) is 9.35. The average Bonchev–Trinajstić information content (AvgIpc) is 3.12. The summed E-state index contributed by atoms with van der Waals surface area (Å²) < 4.78 is 0. The number of amides is 3. The zero-order chi connectivity index (χ0) is 37.1. The number of hydrogen-bond donors (Lipinski definition) is 3. The number of aliphatic hydroxyl groups is 1. The third-order valence-corrected chi connectivity index (χ3v) is 12.5. The Balaban J connectivity index is 1.05. The Kier molecular flexibility index (Phi) is 12.0. The molecule has 10 nitrogen and oxygen atoms in total. The average molecular weight is 745 g/mol. The number of aliphatic hydroxyl groups excluding tert-OH is 1. The molecule has 0 radical (unpaired) electrons. The molecule has 3 N–H and O–H groups in total. The fourth-order valence-electron chi connectivity index (χ4n) is 7.43. The van der Waals surface area contributed by atoms with E-state index in [9.17, 15) is 19.5 Å². The largest absolute Gasteiger partial charge is 0.374 e. The summed E-state index contributed by atoms with van der Waals surface area (Å²) in [7, 11) is 15.9. The minimum atomic E-state index is -1.03. The van der Waals surface area contributed by atoms with Crippen LogP contribution in [0.25, 0.3) is 21.5 Å². The maximum Gasteiger partial charge on any atom is 0.261 e. The van der Waals surface area contributed by atoms with Gasteiger partial charge in [-0.3, -0.25) is 19.3 Å². The molecule has 3 amide bonds. The molecule has 6 rings (SSSR count). The van der Waals surface area contributed by atoms with E-state index in [4.69, 9.17) is 0 Å². The lowest BCUT2D eigenvalue weighted by Crippen LogP contribution is -3.05. The van der Waals surface area contributed by atoms with Gasteiger partial charge in [0.2, 0.25) is 0 Å². The molecule has 4 aromatic rings. The van der Waals surface area contributed by atoms with Gasteiger partial charge >= 0.3 is 0 Å². The first-order valence-electron chi connectivity index (χ1n) is 18.2. The Hall–Kier alpha value is -3.81. The molecule has 2 aliphatic heterocycles. The Morgan fingerprint density at radius 3 is 1.73 bits per heavy atom. The van der Waals surface area contributed by atoms with Gasteiger partial charge < -0.3 is 29.6 Å². The van der Waals surface area contributed by atoms with Gasteiger partial charge in [-0.1, -0.05) is 51.9 Å². The van der Waals surface area contributed by atoms with E-state index in [-0.39, 0.29) is 24.3 Å². The van der Waals surface area contributed by atoms with Gasteiger partial charge in [0.05, 0.1) is 41.3 Å². The summed E-state index contributed by atoms with van der Waals surface area (Å²) in [5.41, 5.74) is 4.58. The summed E-state index contributed by atoms with van der Waals surface area (Å²) in [6.45, 7) is 4.58. The van der Waals surface area contributed by atoms with E-state index < -0.39 is 6.23 Å². The van der Waals surface area contributed by atoms with Crippen LogP contribution >= 0.6 is 21.6 Å². The Labute approximate surface area is 315 Å². The van der Waals surface area contributed by atoms with Crippen LogP contribution in [0.2, 0.25) is 0 Å². The molecule has 4 aromatic carbocycles. The molecule has 0 aliphatic carbocycles. The molecule has 0 spiro atoms. The number of benzene rings is 4. The lowest BCUT2D eigenvalue weighted by atomic mass is 9.92. The van der Waals surface area contributed by atoms with E-state index in [0.29, 0.717) is 34.7 Å². The van der Waals surface area contributed by atoms with Gasteiger partial charge in [0.25, 0.3) is 17.7 Å². The summed E-state index contributed by atoms with van der Waals surface area (Å²) in [6, 6.07) is 19.4. The summed E-state index contributed by atoms with van der Waals surface area (Å²) >= 11 is 0. The fraction of sp³-hybridized carbons (Fsp3) is 0.425. The predicted octanol–water partition coefficient (Wildman–Crippen LogP) is 3.06. The number of nitrogens with one attached hydrogen (secondary N) is 2. The van der Waals surface area contributed by atoms with E-state index in [2.05, 4.69) is 58.2 Å². The molecule has 276 valence electrons. The standard InChI is InChI=1S/C40H50N6O4S2/c1-41(2)19-9-21-43(5)33-17-15-31-35-27(33)11-7-13-29(35)37(47)45(39(31)49)23-25-51-52-26-24-46-38(48)30-14-8-12-28-34(44(6)22-10-20-42(3)4)18-16-32(36(28)30)40(46)50/h7-8,11-18,39,49H,9-10,19-26H2,1-6H3/p+2. The molecule has 0 bridgehead atoms. The van der Waals surface area contributed by atoms with Crippen molar-refractivity contribution in [3.63, 3.8) is 0 Å². The third kappa shape index (κ3) is 7.63. The molecular weight excluding hydrogens is 693 g/mol. The monoisotopic (exact) mass is 744 g/mol. The minimum Gasteiger partial charge on any atom is -0.374 e. The number of carbonyl (C=O) groups is 3. The van der Waals surface area contributed by atoms with Crippen LogP contribution in [0.5, 0.6) is 0 Å². The number of nitrogens with zero attached hydrogens (tertiary/aromatic N) is 4. The van der Waals surface area contributed by atoms with Crippen molar-refractivity contribution in [3.8, 4) is 0 Å². The molecule has 0 saturated heterocycles. The van der Waals surface area contributed by atoms with Crippen molar-refractivity contribution in [3.05, 3.63) is 82.9 Å². The van der Waals surface area contributed by atoms with Crippen molar-refractivity contribution < 1.29 is 29.3 Å². The van der Waals surface area contributed by atoms with Gasteiger partial charge in [0, 0.05) is 120 Å². The Morgan fingerprint density at radius 1 is 0.654 bits per heavy atom. The lowest BCUT2D eigenvalue weighted by Gasteiger charge is -2.34. The first-order valence-corrected chi connectivity index (χ1v) is 20.7. The highest BCUT2D eigenvalue weighted by Gasteiger charge is 2.35. The highest BCUT2D eigenvalue weighted by atomic mass is 33.1. The quantitative estimate of drug-likeness (QED) is 0.0865. The van der Waals surface area contributed by atoms with Crippen molar-refractivity contribution in [2.45, 2.75) is 19.1 Å². The van der Waals surface area contributed by atoms with Crippen LogP contribution < -0.4 is 19.6 Å². The number of carbonyl (C=O) groups excluding carboxylic acids is 3. The second-order valence-electron chi connectivity index (χ2n) is 14.5. The Bertz CT molecular complexity index is 1950. The number of anilines is 2. The molecular formula is C40H52N6O4S2+2. The molecule has 2 heterocycles. The molecule has 0 fully saturated rings. The van der Waals surface area contributed by atoms with Gasteiger partial charge in [-0.05, 0) is 30.3 Å². The van der Waals surface area contributed by atoms with Crippen LogP contribution in [0.4, 0.5) is 11.4 Å². The first-order chi connectivity index (χ1) is 25.0. The van der Waals surface area contributed by atoms with Crippen LogP contribution in [0.1, 0.15) is 55.7 Å². The van der Waals surface area contributed by atoms with Crippen LogP contribution in [0.3, 0.4) is 0 Å². The highest BCUT2D eigenvalue weighted by molar-refractivity contribution is 8.76. The highest BCUT2D eigenvalue weighted by Crippen LogP contribution is 2.40. The zero-order valence-corrected chi connectivity index (χ0v) is 32.8. The second-order valence-corrected chi connectivity index (χ2v) is 17.2. The summed E-state index contributed by atoms with van der Waals surface area (Å²) in [4.78, 5) is 51.1. The van der Waals surface area contributed by atoms with Crippen LogP contribution in [-0.2, 0) is 0 Å². The third-order valence-electron chi connectivity index (χ3n) is 10.1. The van der Waals surface area contributed by atoms with Gasteiger partial charge in [0.15, 0.2) is 6.23 Å². The number of imide groups is 1. The molecule has 52 heavy (non-hydrogen) atoms. The van der Waals surface area contributed by atoms with Gasteiger partial charge in [-0.15, -0.1) is 0 Å². The SMILES string of the molecule is CN(CCC[NH+](C)C)c1ccc2c3c(cccc13)C(=O)N(CCSSCCN1C(=O)c3cccc4c(N(C)CCC[NH+](C)C)ccc(c34)C1O)C2=O. The second kappa shape index (κ2) is 16.5.